The minimum absolute atomic E-state index is 0.444. The van der Waals surface area contributed by atoms with Gasteiger partial charge in [-0.3, -0.25) is 0 Å². The van der Waals surface area contributed by atoms with E-state index in [4.69, 9.17) is 5.73 Å². The number of nitrogens with two attached hydrogens (primary N) is 1. The highest BCUT2D eigenvalue weighted by Gasteiger charge is 2.45. The second-order valence-electron chi connectivity index (χ2n) is 5.59. The third-order valence-electron chi connectivity index (χ3n) is 4.48. The zero-order valence-corrected chi connectivity index (χ0v) is 11.2. The van der Waals surface area contributed by atoms with Crippen LogP contribution >= 0.6 is 11.3 Å². The van der Waals surface area contributed by atoms with Crippen molar-refractivity contribution in [2.24, 2.45) is 23.5 Å². The van der Waals surface area contributed by atoms with E-state index in [9.17, 15) is 0 Å². The fourth-order valence-electron chi connectivity index (χ4n) is 3.59. The van der Waals surface area contributed by atoms with Crippen LogP contribution < -0.4 is 11.1 Å². The summed E-state index contributed by atoms with van der Waals surface area (Å²) < 4.78 is 0. The van der Waals surface area contributed by atoms with Crippen LogP contribution in [-0.4, -0.2) is 17.6 Å². The standard InChI is InChI=1S/C13H21N3S/c1-8-7-17-12(16-8)6-15-5-11-9-2-3-10(4-9)13(11)14/h7,9-11,13,15H,2-6,14H2,1H3. The lowest BCUT2D eigenvalue weighted by Gasteiger charge is -2.28. The van der Waals surface area contributed by atoms with E-state index in [2.05, 4.69) is 15.7 Å². The van der Waals surface area contributed by atoms with Crippen LogP contribution in [0.15, 0.2) is 5.38 Å². The van der Waals surface area contributed by atoms with Crippen LogP contribution in [0.3, 0.4) is 0 Å². The Hall–Kier alpha value is -0.450. The predicted molar refractivity (Wildman–Crippen MR) is 70.9 cm³/mol. The molecule has 0 aliphatic heterocycles. The maximum atomic E-state index is 6.29. The predicted octanol–water partition coefficient (Wildman–Crippen LogP) is 1.91. The van der Waals surface area contributed by atoms with Crippen LogP contribution in [0.5, 0.6) is 0 Å². The fraction of sp³-hybridized carbons (Fsp3) is 0.769. The van der Waals surface area contributed by atoms with Gasteiger partial charge in [0.15, 0.2) is 0 Å². The molecule has 0 spiro atoms. The van der Waals surface area contributed by atoms with Crippen molar-refractivity contribution in [2.45, 2.75) is 38.8 Å². The molecule has 0 amide bonds. The minimum Gasteiger partial charge on any atom is -0.327 e. The summed E-state index contributed by atoms with van der Waals surface area (Å²) in [7, 11) is 0. The van der Waals surface area contributed by atoms with Gasteiger partial charge in [0.2, 0.25) is 0 Å². The summed E-state index contributed by atoms with van der Waals surface area (Å²) in [6.45, 7) is 4.02. The number of aryl methyl sites for hydroxylation is 1. The van der Waals surface area contributed by atoms with E-state index in [0.717, 1.165) is 30.6 Å². The van der Waals surface area contributed by atoms with Crippen molar-refractivity contribution in [3.8, 4) is 0 Å². The van der Waals surface area contributed by atoms with Crippen molar-refractivity contribution in [2.75, 3.05) is 6.54 Å². The number of nitrogens with zero attached hydrogens (tertiary/aromatic N) is 1. The Balaban J connectivity index is 1.48. The van der Waals surface area contributed by atoms with E-state index in [0.29, 0.717) is 12.0 Å². The zero-order valence-electron chi connectivity index (χ0n) is 10.4. The molecule has 0 aromatic carbocycles. The summed E-state index contributed by atoms with van der Waals surface area (Å²) in [5, 5.41) is 6.85. The molecule has 3 rings (SSSR count). The molecule has 2 fully saturated rings. The van der Waals surface area contributed by atoms with Gasteiger partial charge in [0.1, 0.15) is 5.01 Å². The van der Waals surface area contributed by atoms with Gasteiger partial charge >= 0.3 is 0 Å². The molecule has 17 heavy (non-hydrogen) atoms. The molecule has 3 N–H and O–H groups in total. The van der Waals surface area contributed by atoms with E-state index < -0.39 is 0 Å². The third-order valence-corrected chi connectivity index (χ3v) is 5.45. The van der Waals surface area contributed by atoms with Crippen LogP contribution in [0.1, 0.15) is 30.0 Å². The summed E-state index contributed by atoms with van der Waals surface area (Å²) in [6, 6.07) is 0.444. The first-order chi connectivity index (χ1) is 8.24. The molecule has 2 bridgehead atoms. The van der Waals surface area contributed by atoms with E-state index in [1.54, 1.807) is 11.3 Å². The molecule has 1 aromatic heterocycles. The number of aromatic nitrogens is 1. The molecule has 0 saturated heterocycles. The highest BCUT2D eigenvalue weighted by molar-refractivity contribution is 7.09. The number of rotatable bonds is 4. The Morgan fingerprint density at radius 3 is 2.94 bits per heavy atom. The van der Waals surface area contributed by atoms with Gasteiger partial charge in [0.05, 0.1) is 0 Å². The summed E-state index contributed by atoms with van der Waals surface area (Å²) in [5.41, 5.74) is 7.42. The molecule has 3 nitrogen and oxygen atoms in total. The summed E-state index contributed by atoms with van der Waals surface area (Å²) in [5.74, 6) is 2.41. The van der Waals surface area contributed by atoms with E-state index in [-0.39, 0.29) is 0 Å². The van der Waals surface area contributed by atoms with Crippen molar-refractivity contribution in [1.82, 2.24) is 10.3 Å². The maximum Gasteiger partial charge on any atom is 0.107 e. The molecular formula is C13H21N3S. The Morgan fingerprint density at radius 2 is 2.29 bits per heavy atom. The number of thiazole rings is 1. The largest absolute Gasteiger partial charge is 0.327 e. The number of nitrogens with one attached hydrogen (secondary N) is 1. The molecule has 4 atom stereocenters. The quantitative estimate of drug-likeness (QED) is 0.859. The van der Waals surface area contributed by atoms with Gasteiger partial charge in [-0.15, -0.1) is 11.3 Å². The van der Waals surface area contributed by atoms with Gasteiger partial charge in [0.25, 0.3) is 0 Å². The fourth-order valence-corrected chi connectivity index (χ4v) is 4.33. The summed E-state index contributed by atoms with van der Waals surface area (Å²) >= 11 is 1.74. The normalized spacial score (nSPS) is 35.6. The van der Waals surface area contributed by atoms with Crippen LogP contribution in [0.25, 0.3) is 0 Å². The molecule has 2 aliphatic rings. The first-order valence-corrected chi connectivity index (χ1v) is 7.49. The van der Waals surface area contributed by atoms with Crippen molar-refractivity contribution >= 4 is 11.3 Å². The number of hydrogen-bond donors (Lipinski definition) is 2. The highest BCUT2D eigenvalue weighted by Crippen LogP contribution is 2.47. The lowest BCUT2D eigenvalue weighted by molar-refractivity contribution is 0.278. The van der Waals surface area contributed by atoms with E-state index >= 15 is 0 Å². The summed E-state index contributed by atoms with van der Waals surface area (Å²) in [4.78, 5) is 4.47. The molecule has 4 unspecified atom stereocenters. The van der Waals surface area contributed by atoms with Gasteiger partial charge in [-0.05, 0) is 43.9 Å². The van der Waals surface area contributed by atoms with E-state index in [1.807, 2.05) is 6.92 Å². The SMILES string of the molecule is Cc1csc(CNCC2C3CCC(C3)C2N)n1. The Labute approximate surface area is 107 Å². The van der Waals surface area contributed by atoms with Gasteiger partial charge in [-0.1, -0.05) is 0 Å². The first-order valence-electron chi connectivity index (χ1n) is 6.61. The molecule has 1 heterocycles. The third kappa shape index (κ3) is 2.26. The lowest BCUT2D eigenvalue weighted by Crippen LogP contribution is -2.41. The molecule has 2 saturated carbocycles. The maximum absolute atomic E-state index is 6.29. The van der Waals surface area contributed by atoms with Crippen molar-refractivity contribution in [3.05, 3.63) is 16.1 Å². The second kappa shape index (κ2) is 4.67. The van der Waals surface area contributed by atoms with Gasteiger partial charge in [0, 0.05) is 30.2 Å². The molecule has 0 radical (unpaired) electrons. The average molecular weight is 251 g/mol. The van der Waals surface area contributed by atoms with Crippen LogP contribution in [0.2, 0.25) is 0 Å². The second-order valence-corrected chi connectivity index (χ2v) is 6.53. The zero-order chi connectivity index (χ0) is 11.8. The monoisotopic (exact) mass is 251 g/mol. The molecule has 4 heteroatoms. The van der Waals surface area contributed by atoms with E-state index in [1.165, 1.54) is 24.3 Å². The Morgan fingerprint density at radius 1 is 1.47 bits per heavy atom. The molecule has 2 aliphatic carbocycles. The highest BCUT2D eigenvalue weighted by atomic mass is 32.1. The lowest BCUT2D eigenvalue weighted by atomic mass is 9.85. The van der Waals surface area contributed by atoms with Crippen molar-refractivity contribution < 1.29 is 0 Å². The number of fused-ring (bicyclic) bond motifs is 2. The smallest absolute Gasteiger partial charge is 0.107 e. The minimum atomic E-state index is 0.444. The average Bonchev–Trinajstić information content (AvgIpc) is 2.97. The van der Waals surface area contributed by atoms with Gasteiger partial charge in [-0.25, -0.2) is 4.98 Å². The van der Waals surface area contributed by atoms with Crippen LogP contribution in [0.4, 0.5) is 0 Å². The van der Waals surface area contributed by atoms with Crippen molar-refractivity contribution in [3.63, 3.8) is 0 Å². The van der Waals surface area contributed by atoms with Gasteiger partial charge in [-0.2, -0.15) is 0 Å². The van der Waals surface area contributed by atoms with Gasteiger partial charge < -0.3 is 11.1 Å². The molecule has 94 valence electrons. The molecule has 1 aromatic rings. The summed E-state index contributed by atoms with van der Waals surface area (Å²) in [6.07, 6.45) is 4.15. The number of hydrogen-bond acceptors (Lipinski definition) is 4. The van der Waals surface area contributed by atoms with Crippen LogP contribution in [-0.2, 0) is 6.54 Å². The van der Waals surface area contributed by atoms with Crippen LogP contribution in [0, 0.1) is 24.7 Å². The van der Waals surface area contributed by atoms with Crippen molar-refractivity contribution in [1.29, 1.82) is 0 Å². The Bertz CT molecular complexity index is 388. The Kier molecular flexibility index (Phi) is 3.19. The first kappa shape index (κ1) is 11.6. The molecular weight excluding hydrogens is 230 g/mol. The topological polar surface area (TPSA) is 50.9 Å².